The van der Waals surface area contributed by atoms with Gasteiger partial charge in [0.2, 0.25) is 5.91 Å². The number of H-pyrrole nitrogens is 1. The van der Waals surface area contributed by atoms with Crippen molar-refractivity contribution < 1.29 is 14.3 Å². The van der Waals surface area contributed by atoms with Crippen LogP contribution in [0, 0.1) is 6.92 Å². The van der Waals surface area contributed by atoms with Crippen molar-refractivity contribution in [2.45, 2.75) is 24.3 Å². The zero-order chi connectivity index (χ0) is 26.6. The van der Waals surface area contributed by atoms with Gasteiger partial charge in [0.15, 0.2) is 5.16 Å². The number of ether oxygens (including phenoxy) is 2. The van der Waals surface area contributed by atoms with E-state index >= 15 is 0 Å². The maximum absolute atomic E-state index is 13.2. The van der Waals surface area contributed by atoms with Crippen molar-refractivity contribution in [2.75, 3.05) is 19.5 Å². The smallest absolute Gasteiger partial charge is 0.237 e. The monoisotopic (exact) mass is 524 g/mol. The van der Waals surface area contributed by atoms with Crippen molar-refractivity contribution in [3.8, 4) is 34.0 Å². The number of aryl methyl sites for hydroxylation is 1. The highest BCUT2D eigenvalue weighted by Gasteiger charge is 2.21. The molecule has 0 spiro atoms. The van der Waals surface area contributed by atoms with Crippen LogP contribution in [-0.2, 0) is 4.79 Å². The van der Waals surface area contributed by atoms with Gasteiger partial charge in [0.05, 0.1) is 42.1 Å². The van der Waals surface area contributed by atoms with E-state index in [2.05, 4.69) is 15.3 Å². The Bertz CT molecular complexity index is 1520. The molecule has 0 saturated heterocycles. The zero-order valence-electron chi connectivity index (χ0n) is 21.6. The summed E-state index contributed by atoms with van der Waals surface area (Å²) in [5, 5.41) is 4.25. The molecule has 5 aromatic rings. The van der Waals surface area contributed by atoms with Crippen LogP contribution in [0.3, 0.4) is 0 Å². The van der Waals surface area contributed by atoms with E-state index in [1.165, 1.54) is 11.8 Å². The van der Waals surface area contributed by atoms with Gasteiger partial charge in [0.1, 0.15) is 11.5 Å². The summed E-state index contributed by atoms with van der Waals surface area (Å²) in [4.78, 5) is 26.1. The van der Waals surface area contributed by atoms with Crippen molar-refractivity contribution in [2.24, 2.45) is 0 Å². The molecule has 192 valence electrons. The topological polar surface area (TPSA) is 89.1 Å². The Hall–Kier alpha value is -4.30. The van der Waals surface area contributed by atoms with Gasteiger partial charge in [-0.1, -0.05) is 30.0 Å². The molecule has 0 aliphatic rings. The fourth-order valence-corrected chi connectivity index (χ4v) is 5.00. The third kappa shape index (κ3) is 5.35. The Morgan fingerprint density at radius 1 is 0.895 bits per heavy atom. The number of aromatic nitrogens is 3. The summed E-state index contributed by atoms with van der Waals surface area (Å²) in [5.74, 6) is 1.44. The first-order chi connectivity index (χ1) is 18.4. The maximum atomic E-state index is 13.2. The summed E-state index contributed by atoms with van der Waals surface area (Å²) in [6.45, 7) is 3.80. The summed E-state index contributed by atoms with van der Waals surface area (Å²) < 4.78 is 10.6. The standard InChI is InChI=1S/C30H28N4O3S/c1-18-17-26(24-7-5-6-8-25(24)31-18)32-29(35)19(2)38-30-33-27(20-9-13-22(36-3)14-10-20)28(34-30)21-11-15-23(37-4)16-12-21/h5-17,19H,1-4H3,(H,33,34)(H,31,32,35). The second-order valence-corrected chi connectivity index (χ2v) is 10.1. The largest absolute Gasteiger partial charge is 0.497 e. The first-order valence-corrected chi connectivity index (χ1v) is 13.1. The molecule has 0 saturated carbocycles. The summed E-state index contributed by atoms with van der Waals surface area (Å²) in [5.41, 5.74) is 6.01. The van der Waals surface area contributed by atoms with Crippen LogP contribution >= 0.6 is 11.8 Å². The number of hydrogen-bond acceptors (Lipinski definition) is 6. The van der Waals surface area contributed by atoms with E-state index in [0.29, 0.717) is 5.16 Å². The number of para-hydroxylation sites is 1. The van der Waals surface area contributed by atoms with Gasteiger partial charge >= 0.3 is 0 Å². The quantitative estimate of drug-likeness (QED) is 0.219. The molecule has 38 heavy (non-hydrogen) atoms. The van der Waals surface area contributed by atoms with Crippen LogP contribution in [0.25, 0.3) is 33.4 Å². The number of methoxy groups -OCH3 is 2. The Balaban J connectivity index is 1.43. The second-order valence-electron chi connectivity index (χ2n) is 8.80. The Kier molecular flexibility index (Phi) is 7.33. The minimum absolute atomic E-state index is 0.112. The molecule has 1 amide bonds. The van der Waals surface area contributed by atoms with Gasteiger partial charge in [0.25, 0.3) is 0 Å². The molecule has 1 unspecified atom stereocenters. The van der Waals surface area contributed by atoms with Crippen molar-refractivity contribution in [1.82, 2.24) is 15.0 Å². The lowest BCUT2D eigenvalue weighted by molar-refractivity contribution is -0.115. The van der Waals surface area contributed by atoms with Gasteiger partial charge in [-0.05, 0) is 74.5 Å². The van der Waals surface area contributed by atoms with Crippen molar-refractivity contribution in [3.05, 3.63) is 84.6 Å². The minimum atomic E-state index is -0.402. The van der Waals surface area contributed by atoms with Crippen LogP contribution < -0.4 is 14.8 Å². The Morgan fingerprint density at radius 2 is 1.53 bits per heavy atom. The number of benzene rings is 3. The van der Waals surface area contributed by atoms with Crippen LogP contribution in [-0.4, -0.2) is 40.3 Å². The van der Waals surface area contributed by atoms with Crippen LogP contribution in [0.15, 0.2) is 84.0 Å². The molecule has 0 bridgehead atoms. The molecule has 0 aliphatic heterocycles. The van der Waals surface area contributed by atoms with Crippen LogP contribution in [0.1, 0.15) is 12.6 Å². The fraction of sp³-hybridized carbons (Fsp3) is 0.167. The van der Waals surface area contributed by atoms with E-state index in [1.807, 2.05) is 92.7 Å². The predicted octanol–water partition coefficient (Wildman–Crippen LogP) is 6.74. The van der Waals surface area contributed by atoms with Crippen molar-refractivity contribution in [3.63, 3.8) is 0 Å². The van der Waals surface area contributed by atoms with Gasteiger partial charge in [-0.3, -0.25) is 9.78 Å². The van der Waals surface area contributed by atoms with Gasteiger partial charge < -0.3 is 19.8 Å². The first-order valence-electron chi connectivity index (χ1n) is 12.2. The molecule has 3 aromatic carbocycles. The van der Waals surface area contributed by atoms with E-state index in [4.69, 9.17) is 14.5 Å². The number of pyridine rings is 1. The molecule has 5 rings (SSSR count). The van der Waals surface area contributed by atoms with Gasteiger partial charge in [-0.15, -0.1) is 0 Å². The highest BCUT2D eigenvalue weighted by atomic mass is 32.2. The average molecular weight is 525 g/mol. The van der Waals surface area contributed by atoms with E-state index < -0.39 is 5.25 Å². The van der Waals surface area contributed by atoms with Gasteiger partial charge in [0, 0.05) is 22.2 Å². The molecule has 2 heterocycles. The number of imidazole rings is 1. The minimum Gasteiger partial charge on any atom is -0.497 e. The number of nitrogens with one attached hydrogen (secondary N) is 2. The summed E-state index contributed by atoms with van der Waals surface area (Å²) in [6.07, 6.45) is 0. The maximum Gasteiger partial charge on any atom is 0.237 e. The number of amides is 1. The molecule has 0 aliphatic carbocycles. The first kappa shape index (κ1) is 25.4. The summed E-state index contributed by atoms with van der Waals surface area (Å²) >= 11 is 1.38. The number of carbonyl (C=O) groups is 1. The van der Waals surface area contributed by atoms with E-state index in [1.54, 1.807) is 14.2 Å². The SMILES string of the molecule is COc1ccc(-c2nc(SC(C)C(=O)Nc3cc(C)nc4ccccc34)[nH]c2-c2ccc(OC)cc2)cc1. The predicted molar refractivity (Wildman–Crippen MR) is 153 cm³/mol. The molecule has 2 aromatic heterocycles. The number of anilines is 1. The van der Waals surface area contributed by atoms with Crippen LogP contribution in [0.4, 0.5) is 5.69 Å². The third-order valence-electron chi connectivity index (χ3n) is 6.18. The number of thioether (sulfide) groups is 1. The molecular weight excluding hydrogens is 496 g/mol. The lowest BCUT2D eigenvalue weighted by Crippen LogP contribution is -2.22. The van der Waals surface area contributed by atoms with Crippen molar-refractivity contribution in [1.29, 1.82) is 0 Å². The number of fused-ring (bicyclic) bond motifs is 1. The fourth-order valence-electron chi connectivity index (χ4n) is 4.20. The number of rotatable bonds is 8. The number of aromatic amines is 1. The number of carbonyl (C=O) groups excluding carboxylic acids is 1. The average Bonchev–Trinajstić information content (AvgIpc) is 3.36. The highest BCUT2D eigenvalue weighted by molar-refractivity contribution is 8.00. The van der Waals surface area contributed by atoms with E-state index in [0.717, 1.165) is 56.3 Å². The summed E-state index contributed by atoms with van der Waals surface area (Å²) in [6, 6.07) is 25.3. The lowest BCUT2D eigenvalue weighted by Gasteiger charge is -2.13. The van der Waals surface area contributed by atoms with Gasteiger partial charge in [-0.25, -0.2) is 4.98 Å². The second kappa shape index (κ2) is 11.0. The number of nitrogens with zero attached hydrogens (tertiary/aromatic N) is 2. The zero-order valence-corrected chi connectivity index (χ0v) is 22.4. The Morgan fingerprint density at radius 3 is 2.18 bits per heavy atom. The normalized spacial score (nSPS) is 11.8. The van der Waals surface area contributed by atoms with E-state index in [-0.39, 0.29) is 5.91 Å². The molecule has 1 atom stereocenters. The van der Waals surface area contributed by atoms with E-state index in [9.17, 15) is 4.79 Å². The number of hydrogen-bond donors (Lipinski definition) is 2. The third-order valence-corrected chi connectivity index (χ3v) is 7.17. The lowest BCUT2D eigenvalue weighted by atomic mass is 10.0. The van der Waals surface area contributed by atoms with Crippen LogP contribution in [0.5, 0.6) is 11.5 Å². The molecule has 8 heteroatoms. The molecule has 2 N–H and O–H groups in total. The molecule has 7 nitrogen and oxygen atoms in total. The van der Waals surface area contributed by atoms with Gasteiger partial charge in [-0.2, -0.15) is 0 Å². The molecule has 0 fully saturated rings. The molecular formula is C30H28N4O3S. The Labute approximate surface area is 225 Å². The van der Waals surface area contributed by atoms with Crippen LogP contribution in [0.2, 0.25) is 0 Å². The van der Waals surface area contributed by atoms with Crippen molar-refractivity contribution >= 4 is 34.3 Å². The highest BCUT2D eigenvalue weighted by Crippen LogP contribution is 2.35. The molecule has 0 radical (unpaired) electrons. The summed E-state index contributed by atoms with van der Waals surface area (Å²) in [7, 11) is 3.29.